The Morgan fingerprint density at radius 3 is 2.74 bits per heavy atom. The van der Waals surface area contributed by atoms with Crippen LogP contribution in [0.1, 0.15) is 39.2 Å². The highest BCUT2D eigenvalue weighted by molar-refractivity contribution is 5.58. The van der Waals surface area contributed by atoms with Gasteiger partial charge in [0.25, 0.3) is 0 Å². The van der Waals surface area contributed by atoms with E-state index in [1.807, 2.05) is 7.05 Å². The summed E-state index contributed by atoms with van der Waals surface area (Å²) in [5.41, 5.74) is 1.27. The van der Waals surface area contributed by atoms with Gasteiger partial charge in [0, 0.05) is 25.7 Å². The number of hydrogen-bond acceptors (Lipinski definition) is 4. The molecule has 4 nitrogen and oxygen atoms in total. The largest absolute Gasteiger partial charge is 0.373 e. The fourth-order valence-corrected chi connectivity index (χ4v) is 2.83. The second-order valence-electron chi connectivity index (χ2n) is 5.71. The second kappa shape index (κ2) is 6.22. The molecular formula is C15H26N4. The van der Waals surface area contributed by atoms with Crippen molar-refractivity contribution in [3.8, 4) is 0 Å². The Labute approximate surface area is 116 Å². The summed E-state index contributed by atoms with van der Waals surface area (Å²) in [7, 11) is 1.94. The molecule has 106 valence electrons. The highest BCUT2D eigenvalue weighted by atomic mass is 15.2. The van der Waals surface area contributed by atoms with E-state index in [-0.39, 0.29) is 0 Å². The van der Waals surface area contributed by atoms with Crippen molar-refractivity contribution in [3.63, 3.8) is 0 Å². The van der Waals surface area contributed by atoms with Crippen LogP contribution >= 0.6 is 0 Å². The molecule has 4 heteroatoms. The number of nitrogens with zero attached hydrogens (tertiary/aromatic N) is 3. The van der Waals surface area contributed by atoms with Gasteiger partial charge in [0.2, 0.25) is 0 Å². The van der Waals surface area contributed by atoms with Gasteiger partial charge in [-0.2, -0.15) is 0 Å². The zero-order valence-electron chi connectivity index (χ0n) is 12.6. The van der Waals surface area contributed by atoms with Gasteiger partial charge in [-0.1, -0.05) is 27.2 Å². The monoisotopic (exact) mass is 262 g/mol. The lowest BCUT2D eigenvalue weighted by atomic mass is 9.88. The molecule has 19 heavy (non-hydrogen) atoms. The van der Waals surface area contributed by atoms with Crippen molar-refractivity contribution in [2.45, 2.75) is 40.0 Å². The first kappa shape index (κ1) is 14.1. The normalized spacial score (nSPS) is 23.5. The van der Waals surface area contributed by atoms with E-state index in [4.69, 9.17) is 0 Å². The van der Waals surface area contributed by atoms with Gasteiger partial charge in [-0.25, -0.2) is 9.97 Å². The summed E-state index contributed by atoms with van der Waals surface area (Å²) >= 11 is 0. The van der Waals surface area contributed by atoms with E-state index in [1.54, 1.807) is 6.33 Å². The zero-order valence-corrected chi connectivity index (χ0v) is 12.6. The summed E-state index contributed by atoms with van der Waals surface area (Å²) < 4.78 is 0. The van der Waals surface area contributed by atoms with Gasteiger partial charge in [0.1, 0.15) is 18.0 Å². The van der Waals surface area contributed by atoms with Crippen molar-refractivity contribution in [3.05, 3.63) is 11.9 Å². The minimum absolute atomic E-state index is 0.733. The molecule has 2 heterocycles. The summed E-state index contributed by atoms with van der Waals surface area (Å²) in [6, 6.07) is 0. The molecule has 0 amide bonds. The number of anilines is 2. The van der Waals surface area contributed by atoms with Crippen LogP contribution in [0.15, 0.2) is 6.33 Å². The number of piperidine rings is 1. The van der Waals surface area contributed by atoms with Crippen molar-refractivity contribution >= 4 is 11.6 Å². The Kier molecular flexibility index (Phi) is 4.61. The first-order valence-corrected chi connectivity index (χ1v) is 7.43. The first-order valence-electron chi connectivity index (χ1n) is 7.43. The van der Waals surface area contributed by atoms with E-state index in [0.717, 1.165) is 49.4 Å². The SMILES string of the molecule is CCCc1c(NC)ncnc1N1CCC(C)C(C)C1. The summed E-state index contributed by atoms with van der Waals surface area (Å²) in [6.07, 6.45) is 5.09. The Morgan fingerprint density at radius 2 is 2.11 bits per heavy atom. The molecule has 0 saturated carbocycles. The second-order valence-corrected chi connectivity index (χ2v) is 5.71. The lowest BCUT2D eigenvalue weighted by Gasteiger charge is -2.37. The molecule has 1 aromatic rings. The molecule has 1 saturated heterocycles. The Morgan fingerprint density at radius 1 is 1.32 bits per heavy atom. The van der Waals surface area contributed by atoms with Crippen LogP contribution in [-0.4, -0.2) is 30.1 Å². The fourth-order valence-electron chi connectivity index (χ4n) is 2.83. The Bertz CT molecular complexity index is 419. The lowest BCUT2D eigenvalue weighted by molar-refractivity contribution is 0.322. The van der Waals surface area contributed by atoms with E-state index in [2.05, 4.69) is 41.0 Å². The van der Waals surface area contributed by atoms with Crippen LogP contribution in [0, 0.1) is 11.8 Å². The third-order valence-corrected chi connectivity index (χ3v) is 4.29. The molecule has 0 bridgehead atoms. The molecule has 1 fully saturated rings. The van der Waals surface area contributed by atoms with Crippen molar-refractivity contribution in [1.29, 1.82) is 0 Å². The standard InChI is InChI=1S/C15H26N4/c1-5-6-13-14(16-4)17-10-18-15(13)19-8-7-11(2)12(3)9-19/h10-12H,5-9H2,1-4H3,(H,16,17,18). The van der Waals surface area contributed by atoms with Crippen LogP contribution in [0.3, 0.4) is 0 Å². The van der Waals surface area contributed by atoms with Gasteiger partial charge < -0.3 is 10.2 Å². The quantitative estimate of drug-likeness (QED) is 0.905. The van der Waals surface area contributed by atoms with Crippen LogP contribution in [0.4, 0.5) is 11.6 Å². The van der Waals surface area contributed by atoms with Gasteiger partial charge in [0.05, 0.1) is 0 Å². The zero-order chi connectivity index (χ0) is 13.8. The third-order valence-electron chi connectivity index (χ3n) is 4.29. The summed E-state index contributed by atoms with van der Waals surface area (Å²) in [4.78, 5) is 11.4. The van der Waals surface area contributed by atoms with Crippen LogP contribution < -0.4 is 10.2 Å². The number of hydrogen-bond donors (Lipinski definition) is 1. The molecule has 1 aromatic heterocycles. The Hall–Kier alpha value is -1.32. The van der Waals surface area contributed by atoms with Crippen molar-refractivity contribution in [2.24, 2.45) is 11.8 Å². The Balaban J connectivity index is 2.28. The minimum atomic E-state index is 0.733. The van der Waals surface area contributed by atoms with E-state index in [0.29, 0.717) is 0 Å². The van der Waals surface area contributed by atoms with E-state index in [9.17, 15) is 0 Å². The van der Waals surface area contributed by atoms with Crippen LogP contribution in [0.5, 0.6) is 0 Å². The average Bonchev–Trinajstić information content (AvgIpc) is 2.42. The van der Waals surface area contributed by atoms with Gasteiger partial charge >= 0.3 is 0 Å². The van der Waals surface area contributed by atoms with Crippen molar-refractivity contribution < 1.29 is 0 Å². The summed E-state index contributed by atoms with van der Waals surface area (Å²) in [6.45, 7) is 9.13. The molecule has 2 unspecified atom stereocenters. The van der Waals surface area contributed by atoms with Crippen LogP contribution in [0.2, 0.25) is 0 Å². The smallest absolute Gasteiger partial charge is 0.137 e. The van der Waals surface area contributed by atoms with Crippen molar-refractivity contribution in [1.82, 2.24) is 9.97 Å². The van der Waals surface area contributed by atoms with E-state index >= 15 is 0 Å². The third kappa shape index (κ3) is 2.99. The topological polar surface area (TPSA) is 41.1 Å². The molecule has 1 N–H and O–H groups in total. The molecule has 2 atom stereocenters. The molecule has 1 aliphatic rings. The van der Waals surface area contributed by atoms with Gasteiger partial charge in [0.15, 0.2) is 0 Å². The minimum Gasteiger partial charge on any atom is -0.373 e. The number of rotatable bonds is 4. The molecule has 0 radical (unpaired) electrons. The maximum Gasteiger partial charge on any atom is 0.137 e. The molecule has 0 spiro atoms. The maximum absolute atomic E-state index is 4.56. The molecule has 1 aliphatic heterocycles. The summed E-state index contributed by atoms with van der Waals surface area (Å²) in [5, 5.41) is 3.20. The number of nitrogens with one attached hydrogen (secondary N) is 1. The summed E-state index contributed by atoms with van der Waals surface area (Å²) in [5.74, 6) is 3.67. The maximum atomic E-state index is 4.56. The predicted octanol–water partition coefficient (Wildman–Crippen LogP) is 2.95. The van der Waals surface area contributed by atoms with E-state index in [1.165, 1.54) is 12.0 Å². The first-order chi connectivity index (χ1) is 9.17. The fraction of sp³-hybridized carbons (Fsp3) is 0.733. The average molecular weight is 262 g/mol. The molecular weight excluding hydrogens is 236 g/mol. The van der Waals surface area contributed by atoms with Crippen LogP contribution in [0.25, 0.3) is 0 Å². The van der Waals surface area contributed by atoms with Gasteiger partial charge in [-0.15, -0.1) is 0 Å². The predicted molar refractivity (Wildman–Crippen MR) is 80.7 cm³/mol. The number of aromatic nitrogens is 2. The van der Waals surface area contributed by atoms with Crippen LogP contribution in [-0.2, 0) is 6.42 Å². The molecule has 0 aliphatic carbocycles. The highest BCUT2D eigenvalue weighted by Crippen LogP contribution is 2.30. The van der Waals surface area contributed by atoms with E-state index < -0.39 is 0 Å². The molecule has 2 rings (SSSR count). The highest BCUT2D eigenvalue weighted by Gasteiger charge is 2.25. The lowest BCUT2D eigenvalue weighted by Crippen LogP contribution is -2.39. The van der Waals surface area contributed by atoms with Gasteiger partial charge in [-0.05, 0) is 24.7 Å². The van der Waals surface area contributed by atoms with Gasteiger partial charge in [-0.3, -0.25) is 0 Å². The van der Waals surface area contributed by atoms with Crippen molar-refractivity contribution in [2.75, 3.05) is 30.4 Å². The molecule has 0 aromatic carbocycles.